The van der Waals surface area contributed by atoms with Gasteiger partial charge < -0.3 is 5.11 Å². The molecule has 0 spiro atoms. The van der Waals surface area contributed by atoms with Crippen LogP contribution in [-0.2, 0) is 6.54 Å². The van der Waals surface area contributed by atoms with Gasteiger partial charge in [0.05, 0.1) is 18.3 Å². The number of rotatable bonds is 3. The maximum Gasteiger partial charge on any atom is 0.266 e. The molecule has 0 aliphatic rings. The van der Waals surface area contributed by atoms with Crippen molar-refractivity contribution in [2.24, 2.45) is 0 Å². The third-order valence-corrected chi connectivity index (χ3v) is 2.37. The number of aromatic nitrogens is 2. The van der Waals surface area contributed by atoms with E-state index in [1.165, 1.54) is 10.7 Å². The Kier molecular flexibility index (Phi) is 3.35. The molecule has 2 rings (SSSR count). The molecule has 2 aromatic rings. The van der Waals surface area contributed by atoms with Crippen molar-refractivity contribution in [3.63, 3.8) is 0 Å². The van der Waals surface area contributed by atoms with Crippen molar-refractivity contribution in [2.75, 3.05) is 0 Å². The van der Waals surface area contributed by atoms with Gasteiger partial charge >= 0.3 is 0 Å². The second-order valence-electron chi connectivity index (χ2n) is 3.95. The predicted molar refractivity (Wildman–Crippen MR) is 65.6 cm³/mol. The van der Waals surface area contributed by atoms with E-state index in [0.29, 0.717) is 0 Å². The lowest BCUT2D eigenvalue weighted by Gasteiger charge is -2.08. The van der Waals surface area contributed by atoms with E-state index in [0.717, 1.165) is 11.3 Å². The zero-order valence-corrected chi connectivity index (χ0v) is 9.58. The van der Waals surface area contributed by atoms with Crippen molar-refractivity contribution in [1.29, 1.82) is 0 Å². The number of benzene rings is 1. The number of aliphatic hydroxyl groups excluding tert-OH is 1. The molecule has 4 heteroatoms. The van der Waals surface area contributed by atoms with Crippen LogP contribution in [0.5, 0.6) is 0 Å². The highest BCUT2D eigenvalue weighted by Crippen LogP contribution is 2.13. The van der Waals surface area contributed by atoms with Crippen molar-refractivity contribution >= 4 is 0 Å². The summed E-state index contributed by atoms with van der Waals surface area (Å²) in [6.45, 7) is 1.84. The van der Waals surface area contributed by atoms with Crippen molar-refractivity contribution in [1.82, 2.24) is 9.78 Å². The molecule has 1 unspecified atom stereocenters. The third-order valence-electron chi connectivity index (χ3n) is 2.37. The Bertz CT molecular complexity index is 547. The van der Waals surface area contributed by atoms with Crippen molar-refractivity contribution in [3.8, 4) is 11.3 Å². The fraction of sp³-hybridized carbons (Fsp3) is 0.231. The summed E-state index contributed by atoms with van der Waals surface area (Å²) >= 11 is 0. The molecular weight excluding hydrogens is 216 g/mol. The van der Waals surface area contributed by atoms with Crippen LogP contribution in [0.1, 0.15) is 6.92 Å². The smallest absolute Gasteiger partial charge is 0.266 e. The van der Waals surface area contributed by atoms with Crippen LogP contribution in [0, 0.1) is 0 Å². The Morgan fingerprint density at radius 2 is 1.94 bits per heavy atom. The number of hydrogen-bond acceptors (Lipinski definition) is 3. The van der Waals surface area contributed by atoms with Crippen LogP contribution < -0.4 is 5.56 Å². The van der Waals surface area contributed by atoms with Gasteiger partial charge in [-0.15, -0.1) is 0 Å². The molecular formula is C13H14N2O2. The van der Waals surface area contributed by atoms with Gasteiger partial charge in [-0.1, -0.05) is 30.3 Å². The fourth-order valence-corrected chi connectivity index (χ4v) is 1.59. The second kappa shape index (κ2) is 4.93. The topological polar surface area (TPSA) is 55.1 Å². The van der Waals surface area contributed by atoms with Crippen LogP contribution in [0.2, 0.25) is 0 Å². The van der Waals surface area contributed by atoms with Crippen LogP contribution >= 0.6 is 0 Å². The molecule has 17 heavy (non-hydrogen) atoms. The SMILES string of the molecule is CC(O)Cn1nc(-c2ccccc2)ccc1=O. The van der Waals surface area contributed by atoms with Gasteiger partial charge in [0.2, 0.25) is 0 Å². The molecule has 0 saturated carbocycles. The largest absolute Gasteiger partial charge is 0.391 e. The highest BCUT2D eigenvalue weighted by molar-refractivity contribution is 5.57. The fourth-order valence-electron chi connectivity index (χ4n) is 1.59. The van der Waals surface area contributed by atoms with E-state index in [1.807, 2.05) is 30.3 Å². The summed E-state index contributed by atoms with van der Waals surface area (Å²) in [5.41, 5.74) is 1.48. The van der Waals surface area contributed by atoms with Gasteiger partial charge in [-0.25, -0.2) is 4.68 Å². The minimum absolute atomic E-state index is 0.203. The maximum absolute atomic E-state index is 11.5. The summed E-state index contributed by atoms with van der Waals surface area (Å²) in [6, 6.07) is 12.8. The van der Waals surface area contributed by atoms with E-state index < -0.39 is 6.10 Å². The van der Waals surface area contributed by atoms with Gasteiger partial charge in [0.25, 0.3) is 5.56 Å². The molecule has 0 aliphatic heterocycles. The second-order valence-corrected chi connectivity index (χ2v) is 3.95. The van der Waals surface area contributed by atoms with Gasteiger partial charge in [-0.2, -0.15) is 5.10 Å². The Morgan fingerprint density at radius 3 is 2.59 bits per heavy atom. The van der Waals surface area contributed by atoms with Crippen LogP contribution in [0.25, 0.3) is 11.3 Å². The van der Waals surface area contributed by atoms with Gasteiger partial charge in [0, 0.05) is 11.6 Å². The summed E-state index contributed by atoms with van der Waals surface area (Å²) in [6.07, 6.45) is -0.591. The molecule has 0 amide bonds. The average molecular weight is 230 g/mol. The molecule has 0 bridgehead atoms. The Balaban J connectivity index is 2.41. The highest BCUT2D eigenvalue weighted by Gasteiger charge is 2.04. The van der Waals surface area contributed by atoms with E-state index >= 15 is 0 Å². The minimum Gasteiger partial charge on any atom is -0.391 e. The van der Waals surface area contributed by atoms with Gasteiger partial charge in [0.1, 0.15) is 0 Å². The molecule has 1 heterocycles. The molecule has 4 nitrogen and oxygen atoms in total. The van der Waals surface area contributed by atoms with E-state index in [9.17, 15) is 9.90 Å². The van der Waals surface area contributed by atoms with Crippen LogP contribution in [0.3, 0.4) is 0 Å². The number of aliphatic hydroxyl groups is 1. The summed E-state index contributed by atoms with van der Waals surface area (Å²) in [5, 5.41) is 13.5. The Labute approximate surface area is 99.2 Å². The lowest BCUT2D eigenvalue weighted by atomic mass is 10.1. The Morgan fingerprint density at radius 1 is 1.24 bits per heavy atom. The molecule has 1 N–H and O–H groups in total. The average Bonchev–Trinajstić information content (AvgIpc) is 2.32. The molecule has 88 valence electrons. The standard InChI is InChI=1S/C13H14N2O2/c1-10(16)9-15-13(17)8-7-12(14-15)11-5-3-2-4-6-11/h2-8,10,16H,9H2,1H3. The molecule has 0 saturated heterocycles. The summed E-state index contributed by atoms with van der Waals surface area (Å²) in [7, 11) is 0. The molecule has 1 aromatic heterocycles. The zero-order chi connectivity index (χ0) is 12.3. The molecule has 0 fully saturated rings. The van der Waals surface area contributed by atoms with Gasteiger partial charge in [0.15, 0.2) is 0 Å². The number of nitrogens with zero attached hydrogens (tertiary/aromatic N) is 2. The van der Waals surface area contributed by atoms with E-state index in [2.05, 4.69) is 5.10 Å². The molecule has 1 aromatic carbocycles. The summed E-state index contributed by atoms with van der Waals surface area (Å²) in [5.74, 6) is 0. The van der Waals surface area contributed by atoms with Crippen molar-refractivity contribution in [2.45, 2.75) is 19.6 Å². The molecule has 1 atom stereocenters. The van der Waals surface area contributed by atoms with E-state index in [-0.39, 0.29) is 12.1 Å². The highest BCUT2D eigenvalue weighted by atomic mass is 16.3. The number of hydrogen-bond donors (Lipinski definition) is 1. The molecule has 0 radical (unpaired) electrons. The van der Waals surface area contributed by atoms with E-state index in [1.54, 1.807) is 13.0 Å². The normalized spacial score (nSPS) is 12.4. The summed E-state index contributed by atoms with van der Waals surface area (Å²) < 4.78 is 1.28. The quantitative estimate of drug-likeness (QED) is 0.864. The van der Waals surface area contributed by atoms with Crippen LogP contribution in [-0.4, -0.2) is 21.0 Å². The first-order valence-corrected chi connectivity index (χ1v) is 5.48. The lowest BCUT2D eigenvalue weighted by Crippen LogP contribution is -2.27. The van der Waals surface area contributed by atoms with Crippen LogP contribution in [0.4, 0.5) is 0 Å². The predicted octanol–water partition coefficient (Wildman–Crippen LogP) is 1.29. The zero-order valence-electron chi connectivity index (χ0n) is 9.58. The first-order valence-electron chi connectivity index (χ1n) is 5.48. The summed E-state index contributed by atoms with van der Waals surface area (Å²) in [4.78, 5) is 11.5. The minimum atomic E-state index is -0.591. The van der Waals surface area contributed by atoms with Crippen molar-refractivity contribution in [3.05, 3.63) is 52.8 Å². The van der Waals surface area contributed by atoms with Crippen molar-refractivity contribution < 1.29 is 5.11 Å². The third kappa shape index (κ3) is 2.79. The van der Waals surface area contributed by atoms with Gasteiger partial charge in [-0.05, 0) is 13.0 Å². The maximum atomic E-state index is 11.5. The first kappa shape index (κ1) is 11.5. The monoisotopic (exact) mass is 230 g/mol. The molecule has 0 aliphatic carbocycles. The van der Waals surface area contributed by atoms with E-state index in [4.69, 9.17) is 0 Å². The first-order chi connectivity index (χ1) is 8.16. The van der Waals surface area contributed by atoms with Gasteiger partial charge in [-0.3, -0.25) is 4.79 Å². The Hall–Kier alpha value is -1.94. The lowest BCUT2D eigenvalue weighted by molar-refractivity contribution is 0.166. The van der Waals surface area contributed by atoms with Crippen LogP contribution in [0.15, 0.2) is 47.3 Å².